The van der Waals surface area contributed by atoms with Gasteiger partial charge in [0.25, 0.3) is 0 Å². The minimum absolute atomic E-state index is 0.225. The van der Waals surface area contributed by atoms with E-state index >= 15 is 0 Å². The van der Waals surface area contributed by atoms with E-state index in [1.54, 1.807) is 5.56 Å². The predicted octanol–water partition coefficient (Wildman–Crippen LogP) is 10.2. The fourth-order valence-electron chi connectivity index (χ4n) is 6.70. The van der Waals surface area contributed by atoms with Gasteiger partial charge in [0.05, 0.1) is 0 Å². The highest BCUT2D eigenvalue weighted by Crippen LogP contribution is 2.52. The number of aryl methyl sites for hydroxylation is 1. The van der Waals surface area contributed by atoms with Crippen LogP contribution in [-0.2, 0) is 0 Å². The molecule has 0 spiro atoms. The van der Waals surface area contributed by atoms with Gasteiger partial charge in [-0.3, -0.25) is 0 Å². The van der Waals surface area contributed by atoms with E-state index in [0.29, 0.717) is 12.0 Å². The summed E-state index contributed by atoms with van der Waals surface area (Å²) in [5.74, 6) is 0.646. The van der Waals surface area contributed by atoms with Crippen LogP contribution >= 0.6 is 11.8 Å². The second-order valence-electron chi connectivity index (χ2n) is 11.8. The van der Waals surface area contributed by atoms with Crippen molar-refractivity contribution in [2.45, 2.75) is 69.7 Å². The minimum Gasteiger partial charge on any atom is -0.338 e. The molecule has 1 heterocycles. The summed E-state index contributed by atoms with van der Waals surface area (Å²) in [5, 5.41) is 0. The van der Waals surface area contributed by atoms with E-state index in [0.717, 1.165) is 12.8 Å². The summed E-state index contributed by atoms with van der Waals surface area (Å²) in [7, 11) is 0. The molecule has 0 bridgehead atoms. The Morgan fingerprint density at radius 1 is 0.973 bits per heavy atom. The number of thioether (sulfide) groups is 1. The van der Waals surface area contributed by atoms with E-state index in [1.165, 1.54) is 62.7 Å². The van der Waals surface area contributed by atoms with Crippen molar-refractivity contribution in [1.82, 2.24) is 0 Å². The fraction of sp³-hybridized carbons (Fsp3) is 0.314. The van der Waals surface area contributed by atoms with Crippen molar-refractivity contribution >= 4 is 29.2 Å². The molecule has 0 radical (unpaired) electrons. The Balaban J connectivity index is 1.31. The maximum atomic E-state index is 4.50. The minimum atomic E-state index is 0.225. The smallest absolute Gasteiger partial charge is 0.0450 e. The first-order valence-electron chi connectivity index (χ1n) is 13.7. The van der Waals surface area contributed by atoms with Crippen LogP contribution in [0.2, 0.25) is 0 Å². The van der Waals surface area contributed by atoms with Crippen LogP contribution in [0.5, 0.6) is 0 Å². The number of benzene rings is 3. The molecule has 2 heteroatoms. The summed E-state index contributed by atoms with van der Waals surface area (Å²) in [6.45, 7) is 11.5. The third-order valence-electron chi connectivity index (χ3n) is 8.30. The van der Waals surface area contributed by atoms with Gasteiger partial charge >= 0.3 is 0 Å². The standard InChI is InChI=1S/C35H37NS/c1-24-11-8-9-16-34(24)37-25(2)28-20-27(22-35(3,4)23-28)19-26-17-18-33-31(21-26)30-14-10-15-32(30)36(33)29-12-6-5-7-13-29/h5-9,11-13,16-21,30,32H,2,10,14-15,22-23H2,1,3-4H3/b27-19+. The number of hydrogen-bond acceptors (Lipinski definition) is 2. The largest absolute Gasteiger partial charge is 0.338 e. The molecule has 3 aromatic rings. The lowest BCUT2D eigenvalue weighted by Crippen LogP contribution is -2.26. The Hall–Kier alpha value is -2.97. The Kier molecular flexibility index (Phi) is 6.41. The van der Waals surface area contributed by atoms with Crippen LogP contribution in [0.3, 0.4) is 0 Å². The summed E-state index contributed by atoms with van der Waals surface area (Å²) in [5.41, 5.74) is 9.94. The normalized spacial score (nSPS) is 23.1. The van der Waals surface area contributed by atoms with Gasteiger partial charge in [-0.15, -0.1) is 0 Å². The predicted molar refractivity (Wildman–Crippen MR) is 161 cm³/mol. The van der Waals surface area contributed by atoms with Crippen LogP contribution in [0.1, 0.15) is 68.6 Å². The molecule has 6 rings (SSSR count). The summed E-state index contributed by atoms with van der Waals surface area (Å²) >= 11 is 1.82. The number of anilines is 2. The average Bonchev–Trinajstić information content (AvgIpc) is 3.46. The molecule has 37 heavy (non-hydrogen) atoms. The molecule has 2 aliphatic carbocycles. The topological polar surface area (TPSA) is 3.24 Å². The summed E-state index contributed by atoms with van der Waals surface area (Å²) in [4.78, 5) is 5.09. The van der Waals surface area contributed by atoms with Gasteiger partial charge in [-0.1, -0.05) is 93.2 Å². The van der Waals surface area contributed by atoms with Gasteiger partial charge in [0.15, 0.2) is 0 Å². The number of allylic oxidation sites excluding steroid dienone is 3. The number of para-hydroxylation sites is 1. The molecule has 2 atom stereocenters. The van der Waals surface area contributed by atoms with Crippen LogP contribution in [0, 0.1) is 12.3 Å². The van der Waals surface area contributed by atoms with Gasteiger partial charge in [0, 0.05) is 33.1 Å². The van der Waals surface area contributed by atoms with Gasteiger partial charge in [0.2, 0.25) is 0 Å². The van der Waals surface area contributed by atoms with E-state index in [1.807, 2.05) is 11.8 Å². The average molecular weight is 504 g/mol. The lowest BCUT2D eigenvalue weighted by atomic mass is 9.75. The van der Waals surface area contributed by atoms with Gasteiger partial charge in [-0.2, -0.15) is 0 Å². The van der Waals surface area contributed by atoms with Crippen molar-refractivity contribution in [2.75, 3.05) is 4.90 Å². The Morgan fingerprint density at radius 2 is 1.76 bits per heavy atom. The second-order valence-corrected chi connectivity index (χ2v) is 13.0. The molecule has 2 unspecified atom stereocenters. The first-order chi connectivity index (χ1) is 17.9. The van der Waals surface area contributed by atoms with Crippen molar-refractivity contribution in [3.8, 4) is 0 Å². The monoisotopic (exact) mass is 503 g/mol. The van der Waals surface area contributed by atoms with E-state index < -0.39 is 0 Å². The van der Waals surface area contributed by atoms with Gasteiger partial charge in [0.1, 0.15) is 0 Å². The highest BCUT2D eigenvalue weighted by Gasteiger charge is 2.42. The molecule has 3 aliphatic rings. The zero-order valence-electron chi connectivity index (χ0n) is 22.3. The van der Waals surface area contributed by atoms with E-state index in [2.05, 4.69) is 117 Å². The second kappa shape index (κ2) is 9.72. The molecule has 3 aromatic carbocycles. The third kappa shape index (κ3) is 4.84. The molecular weight excluding hydrogens is 466 g/mol. The van der Waals surface area contributed by atoms with E-state index in [9.17, 15) is 0 Å². The first-order valence-corrected chi connectivity index (χ1v) is 14.5. The zero-order valence-corrected chi connectivity index (χ0v) is 23.2. The quantitative estimate of drug-likeness (QED) is 0.319. The number of rotatable bonds is 5. The number of fused-ring (bicyclic) bond motifs is 3. The molecule has 188 valence electrons. The molecule has 0 saturated heterocycles. The van der Waals surface area contributed by atoms with Crippen LogP contribution in [0.4, 0.5) is 11.4 Å². The molecule has 1 aliphatic heterocycles. The van der Waals surface area contributed by atoms with Crippen LogP contribution < -0.4 is 4.90 Å². The fourth-order valence-corrected chi connectivity index (χ4v) is 7.60. The van der Waals surface area contributed by atoms with Crippen molar-refractivity contribution < 1.29 is 0 Å². The van der Waals surface area contributed by atoms with E-state index in [-0.39, 0.29) is 5.41 Å². The molecule has 0 amide bonds. The van der Waals surface area contributed by atoms with Crippen LogP contribution in [0.25, 0.3) is 6.08 Å². The summed E-state index contributed by atoms with van der Waals surface area (Å²) in [6.07, 6.45) is 10.9. The van der Waals surface area contributed by atoms with Gasteiger partial charge in [-0.25, -0.2) is 0 Å². The van der Waals surface area contributed by atoms with Crippen molar-refractivity contribution in [1.29, 1.82) is 0 Å². The molecule has 1 fully saturated rings. The van der Waals surface area contributed by atoms with Crippen molar-refractivity contribution in [2.24, 2.45) is 5.41 Å². The summed E-state index contributed by atoms with van der Waals surface area (Å²) < 4.78 is 0. The lowest BCUT2D eigenvalue weighted by molar-refractivity contribution is 0.355. The van der Waals surface area contributed by atoms with E-state index in [4.69, 9.17) is 0 Å². The number of nitrogens with zero attached hydrogens (tertiary/aromatic N) is 1. The van der Waals surface area contributed by atoms with Crippen molar-refractivity contribution in [3.63, 3.8) is 0 Å². The Labute approximate surface area is 227 Å². The third-order valence-corrected chi connectivity index (χ3v) is 9.49. The zero-order chi connectivity index (χ0) is 25.6. The van der Waals surface area contributed by atoms with Crippen molar-refractivity contribution in [3.05, 3.63) is 118 Å². The molecule has 0 N–H and O–H groups in total. The lowest BCUT2D eigenvalue weighted by Gasteiger charge is -2.32. The Bertz CT molecular complexity index is 1390. The van der Waals surface area contributed by atoms with Gasteiger partial charge in [-0.05, 0) is 96.2 Å². The maximum Gasteiger partial charge on any atom is 0.0450 e. The maximum absolute atomic E-state index is 4.50. The number of hydrogen-bond donors (Lipinski definition) is 0. The SMILES string of the molecule is C=C(Sc1ccccc1C)C1=C/C(=C\c2ccc3c(c2)C2CCCC2N3c2ccccc2)CC(C)(C)C1. The molecule has 0 aromatic heterocycles. The Morgan fingerprint density at radius 3 is 2.57 bits per heavy atom. The van der Waals surface area contributed by atoms with Gasteiger partial charge < -0.3 is 4.90 Å². The molecule has 1 nitrogen and oxygen atoms in total. The summed E-state index contributed by atoms with van der Waals surface area (Å²) in [6, 6.07) is 27.4. The highest BCUT2D eigenvalue weighted by atomic mass is 32.2. The first kappa shape index (κ1) is 24.4. The molecule has 1 saturated carbocycles. The molecular formula is C35H37NS. The van der Waals surface area contributed by atoms with Crippen LogP contribution in [-0.4, -0.2) is 6.04 Å². The highest BCUT2D eigenvalue weighted by molar-refractivity contribution is 8.03. The van der Waals surface area contributed by atoms with Crippen LogP contribution in [0.15, 0.2) is 106 Å².